The number of primary amides is 1. The lowest BCUT2D eigenvalue weighted by atomic mass is 9.70. The molecule has 0 saturated carbocycles. The molecule has 0 bridgehead atoms. The van der Waals surface area contributed by atoms with Gasteiger partial charge in [-0.25, -0.2) is 5.48 Å². The van der Waals surface area contributed by atoms with Crippen LogP contribution in [0.25, 0.3) is 0 Å². The fraction of sp³-hybridized carbons (Fsp3) is 0.926. The Morgan fingerprint density at radius 2 is 1.09 bits per heavy atom. The van der Waals surface area contributed by atoms with E-state index in [0.717, 1.165) is 19.3 Å². The summed E-state index contributed by atoms with van der Waals surface area (Å²) in [5.74, 6) is -1.09. The van der Waals surface area contributed by atoms with Crippen LogP contribution in [0, 0.1) is 5.41 Å². The van der Waals surface area contributed by atoms with Crippen molar-refractivity contribution in [3.63, 3.8) is 0 Å². The molecule has 2 amide bonds. The molecular weight excluding hydrogens is 400 g/mol. The van der Waals surface area contributed by atoms with E-state index in [0.29, 0.717) is 0 Å². The van der Waals surface area contributed by atoms with Crippen molar-refractivity contribution in [2.75, 3.05) is 0 Å². The van der Waals surface area contributed by atoms with Crippen LogP contribution in [0.4, 0.5) is 0 Å². The van der Waals surface area contributed by atoms with Gasteiger partial charge in [-0.2, -0.15) is 0 Å². The lowest BCUT2D eigenvalue weighted by Crippen LogP contribution is -2.41. The summed E-state index contributed by atoms with van der Waals surface area (Å²) in [5.41, 5.74) is 7.72. The van der Waals surface area contributed by atoms with Gasteiger partial charge < -0.3 is 5.73 Å². The minimum atomic E-state index is -0.632. The van der Waals surface area contributed by atoms with E-state index in [2.05, 4.69) is 33.2 Å². The van der Waals surface area contributed by atoms with Crippen LogP contribution in [0.5, 0.6) is 0 Å². The summed E-state index contributed by atoms with van der Waals surface area (Å²) in [7, 11) is 0. The Bertz CT molecular complexity index is 452. The van der Waals surface area contributed by atoms with Crippen molar-refractivity contribution in [1.82, 2.24) is 5.48 Å². The largest absolute Gasteiger partial charge is 0.369 e. The smallest absolute Gasteiger partial charge is 0.252 e. The first-order chi connectivity index (χ1) is 15.4. The molecule has 0 aliphatic heterocycles. The highest BCUT2D eigenvalue weighted by Gasteiger charge is 2.36. The molecule has 3 N–H and O–H groups in total. The highest BCUT2D eigenvalue weighted by molar-refractivity contribution is 5.95. The van der Waals surface area contributed by atoms with Crippen LogP contribution >= 0.6 is 0 Å². The molecule has 0 saturated heterocycles. The molecule has 0 heterocycles. The number of hydrogen-bond donors (Lipinski definition) is 2. The zero-order valence-corrected chi connectivity index (χ0v) is 21.8. The van der Waals surface area contributed by atoms with Gasteiger partial charge in [-0.1, -0.05) is 117 Å². The number of carbonyl (C=O) groups excluding carboxylic acids is 2. The number of amides is 2. The Labute approximate surface area is 199 Å². The first-order valence-corrected chi connectivity index (χ1v) is 13.6. The molecule has 32 heavy (non-hydrogen) atoms. The number of hydroxylamine groups is 1. The minimum Gasteiger partial charge on any atom is -0.369 e. The molecule has 1 atom stereocenters. The average Bonchev–Trinajstić information content (AvgIpc) is 2.76. The average molecular weight is 455 g/mol. The predicted molar refractivity (Wildman–Crippen MR) is 135 cm³/mol. The molecule has 0 fully saturated rings. The van der Waals surface area contributed by atoms with Crippen LogP contribution in [0.1, 0.15) is 150 Å². The highest BCUT2D eigenvalue weighted by Crippen LogP contribution is 2.41. The van der Waals surface area contributed by atoms with Crippen LogP contribution in [-0.4, -0.2) is 17.9 Å². The molecule has 5 nitrogen and oxygen atoms in total. The van der Waals surface area contributed by atoms with Gasteiger partial charge in [0.1, 0.15) is 6.42 Å². The van der Waals surface area contributed by atoms with E-state index in [9.17, 15) is 9.59 Å². The van der Waals surface area contributed by atoms with Gasteiger partial charge in [0.2, 0.25) is 5.91 Å². The molecule has 0 aliphatic rings. The molecule has 0 aromatic rings. The van der Waals surface area contributed by atoms with E-state index in [-0.39, 0.29) is 17.9 Å². The van der Waals surface area contributed by atoms with Crippen molar-refractivity contribution in [2.24, 2.45) is 11.1 Å². The number of nitrogens with one attached hydrogen (secondary N) is 1. The van der Waals surface area contributed by atoms with Gasteiger partial charge in [0.25, 0.3) is 5.91 Å². The van der Waals surface area contributed by atoms with E-state index in [1.54, 1.807) is 0 Å². The molecule has 0 aromatic carbocycles. The first kappa shape index (κ1) is 30.9. The third-order valence-corrected chi connectivity index (χ3v) is 6.88. The van der Waals surface area contributed by atoms with Gasteiger partial charge in [0.15, 0.2) is 0 Å². The van der Waals surface area contributed by atoms with Crippen LogP contribution in [0.2, 0.25) is 0 Å². The number of hydrogen-bond acceptors (Lipinski definition) is 3. The van der Waals surface area contributed by atoms with E-state index in [4.69, 9.17) is 10.6 Å². The van der Waals surface area contributed by atoms with Gasteiger partial charge in [-0.05, 0) is 31.6 Å². The molecule has 0 rings (SSSR count). The van der Waals surface area contributed by atoms with Gasteiger partial charge in [0.05, 0.1) is 6.10 Å². The van der Waals surface area contributed by atoms with Crippen molar-refractivity contribution < 1.29 is 14.4 Å². The Morgan fingerprint density at radius 1 is 0.719 bits per heavy atom. The van der Waals surface area contributed by atoms with Crippen LogP contribution in [0.15, 0.2) is 0 Å². The zero-order chi connectivity index (χ0) is 24.1. The summed E-state index contributed by atoms with van der Waals surface area (Å²) in [6.07, 6.45) is 22.1. The van der Waals surface area contributed by atoms with Crippen LogP contribution in [0.3, 0.4) is 0 Å². The molecular formula is C27H54N2O3. The molecule has 0 aromatic heterocycles. The Morgan fingerprint density at radius 3 is 1.53 bits per heavy atom. The summed E-state index contributed by atoms with van der Waals surface area (Å²) in [6, 6.07) is 0. The molecule has 5 heteroatoms. The minimum absolute atomic E-state index is 0.0741. The van der Waals surface area contributed by atoms with E-state index in [1.165, 1.54) is 96.3 Å². The van der Waals surface area contributed by atoms with Crippen molar-refractivity contribution in [3.05, 3.63) is 0 Å². The van der Waals surface area contributed by atoms with Crippen LogP contribution in [-0.2, 0) is 14.4 Å². The Kier molecular flexibility index (Phi) is 19.8. The lowest BCUT2D eigenvalue weighted by Gasteiger charge is -2.39. The number of rotatable bonds is 23. The topological polar surface area (TPSA) is 81.4 Å². The fourth-order valence-corrected chi connectivity index (χ4v) is 4.70. The highest BCUT2D eigenvalue weighted by atomic mass is 16.7. The second-order valence-corrected chi connectivity index (χ2v) is 9.78. The molecule has 0 spiro atoms. The summed E-state index contributed by atoms with van der Waals surface area (Å²) in [6.45, 7) is 8.85. The van der Waals surface area contributed by atoms with E-state index in [1.807, 2.05) is 0 Å². The van der Waals surface area contributed by atoms with E-state index >= 15 is 0 Å². The normalized spacial score (nSPS) is 12.6. The number of unbranched alkanes of at least 4 members (excludes halogenated alkanes) is 12. The van der Waals surface area contributed by atoms with Crippen molar-refractivity contribution in [1.29, 1.82) is 0 Å². The van der Waals surface area contributed by atoms with Crippen LogP contribution < -0.4 is 11.2 Å². The van der Waals surface area contributed by atoms with Gasteiger partial charge in [0, 0.05) is 0 Å². The Hall–Kier alpha value is -1.10. The van der Waals surface area contributed by atoms with Gasteiger partial charge in [-0.3, -0.25) is 14.4 Å². The quantitative estimate of drug-likeness (QED) is 0.0960. The molecule has 0 aliphatic carbocycles. The molecule has 190 valence electrons. The standard InChI is InChI=1S/C27H54N2O3/c1-5-8-11-13-15-18-21-27(20-17-10-7-3,22-19-16-14-12-9-6-2)24(4)32-29-26(31)23-25(28)30/h24H,5-23H2,1-4H3,(H2,28,30)(H,29,31). The SMILES string of the molecule is CCCCCCCCC(CCCCC)(CCCCCCCC)C(C)ONC(=O)CC(N)=O. The predicted octanol–water partition coefficient (Wildman–Crippen LogP) is 7.37. The first-order valence-electron chi connectivity index (χ1n) is 13.6. The lowest BCUT2D eigenvalue weighted by molar-refractivity contribution is -0.149. The summed E-state index contributed by atoms with van der Waals surface area (Å²) >= 11 is 0. The summed E-state index contributed by atoms with van der Waals surface area (Å²) in [4.78, 5) is 28.8. The number of nitrogens with two attached hydrogens (primary N) is 1. The van der Waals surface area contributed by atoms with Gasteiger partial charge in [-0.15, -0.1) is 0 Å². The van der Waals surface area contributed by atoms with E-state index < -0.39 is 11.8 Å². The maximum Gasteiger partial charge on any atom is 0.252 e. The summed E-state index contributed by atoms with van der Waals surface area (Å²) < 4.78 is 0. The maximum atomic E-state index is 11.9. The molecule has 0 radical (unpaired) electrons. The second kappa shape index (κ2) is 20.5. The van der Waals surface area contributed by atoms with Crippen molar-refractivity contribution >= 4 is 11.8 Å². The Balaban J connectivity index is 5.07. The van der Waals surface area contributed by atoms with Gasteiger partial charge >= 0.3 is 0 Å². The third kappa shape index (κ3) is 15.7. The monoisotopic (exact) mass is 454 g/mol. The second-order valence-electron chi connectivity index (χ2n) is 9.78. The third-order valence-electron chi connectivity index (χ3n) is 6.88. The fourth-order valence-electron chi connectivity index (χ4n) is 4.70. The van der Waals surface area contributed by atoms with Crippen molar-refractivity contribution in [3.8, 4) is 0 Å². The number of carbonyl (C=O) groups is 2. The maximum absolute atomic E-state index is 11.9. The molecule has 1 unspecified atom stereocenters. The zero-order valence-electron chi connectivity index (χ0n) is 21.8. The van der Waals surface area contributed by atoms with Crippen molar-refractivity contribution in [2.45, 2.75) is 156 Å². The summed E-state index contributed by atoms with van der Waals surface area (Å²) in [5, 5.41) is 0.